The van der Waals surface area contributed by atoms with Gasteiger partial charge in [0, 0.05) is 13.1 Å². The molecule has 0 bridgehead atoms. The minimum atomic E-state index is -0.738. The number of ether oxygens (including phenoxy) is 1. The number of carbonyl (C=O) groups excluding carboxylic acids is 1. The van der Waals surface area contributed by atoms with Crippen molar-refractivity contribution in [1.82, 2.24) is 10.6 Å². The van der Waals surface area contributed by atoms with E-state index in [2.05, 4.69) is 10.6 Å². The fourth-order valence-corrected chi connectivity index (χ4v) is 2.60. The highest BCUT2D eigenvalue weighted by atomic mass is 35.5. The Morgan fingerprint density at radius 3 is 2.83 bits per heavy atom. The topological polar surface area (TPSA) is 70.6 Å². The van der Waals surface area contributed by atoms with Crippen LogP contribution in [0.25, 0.3) is 0 Å². The monoisotopic (exact) mass is 342 g/mol. The third-order valence-corrected chi connectivity index (χ3v) is 3.99. The van der Waals surface area contributed by atoms with Gasteiger partial charge in [-0.25, -0.2) is 0 Å². The van der Waals surface area contributed by atoms with E-state index < -0.39 is 6.10 Å². The number of aliphatic hydroxyl groups is 1. The van der Waals surface area contributed by atoms with Gasteiger partial charge >= 0.3 is 0 Å². The molecule has 0 aliphatic carbocycles. The molecule has 23 heavy (non-hydrogen) atoms. The van der Waals surface area contributed by atoms with E-state index in [1.54, 1.807) is 0 Å². The summed E-state index contributed by atoms with van der Waals surface area (Å²) in [6.07, 6.45) is 0.173. The van der Waals surface area contributed by atoms with Crippen molar-refractivity contribution in [3.8, 4) is 5.75 Å². The Kier molecular flexibility index (Phi) is 7.32. The summed E-state index contributed by atoms with van der Waals surface area (Å²) < 4.78 is 5.62. The van der Waals surface area contributed by atoms with Crippen LogP contribution in [0.5, 0.6) is 5.75 Å². The summed E-state index contributed by atoms with van der Waals surface area (Å²) in [5, 5.41) is 16.3. The molecule has 0 radical (unpaired) electrons. The Hall–Kier alpha value is -1.30. The molecule has 1 amide bonds. The van der Waals surface area contributed by atoms with Crippen LogP contribution in [-0.4, -0.2) is 36.8 Å². The normalized spacial score (nSPS) is 21.6. The lowest BCUT2D eigenvalue weighted by atomic mass is 9.89. The molecule has 2 rings (SSSR count). The summed E-state index contributed by atoms with van der Waals surface area (Å²) in [5.41, 5.74) is 0.371. The highest BCUT2D eigenvalue weighted by molar-refractivity contribution is 5.85. The molecular weight excluding hydrogens is 316 g/mol. The minimum absolute atomic E-state index is 0. The van der Waals surface area contributed by atoms with Gasteiger partial charge in [-0.1, -0.05) is 12.1 Å². The molecule has 1 fully saturated rings. The Morgan fingerprint density at radius 2 is 2.22 bits per heavy atom. The number of nitrogens with one attached hydrogen (secondary N) is 2. The van der Waals surface area contributed by atoms with Crippen LogP contribution in [0.2, 0.25) is 0 Å². The second-order valence-electron chi connectivity index (χ2n) is 6.45. The van der Waals surface area contributed by atoms with Crippen molar-refractivity contribution in [3.63, 3.8) is 0 Å². The van der Waals surface area contributed by atoms with Gasteiger partial charge < -0.3 is 20.5 Å². The lowest BCUT2D eigenvalue weighted by Crippen LogP contribution is -2.41. The molecule has 0 aromatic heterocycles. The van der Waals surface area contributed by atoms with Crippen molar-refractivity contribution in [2.45, 2.75) is 39.4 Å². The van der Waals surface area contributed by atoms with Crippen LogP contribution in [0.15, 0.2) is 24.3 Å². The molecule has 1 heterocycles. The maximum absolute atomic E-state index is 12.2. The van der Waals surface area contributed by atoms with Crippen molar-refractivity contribution < 1.29 is 14.6 Å². The van der Waals surface area contributed by atoms with Crippen LogP contribution in [0.3, 0.4) is 0 Å². The average Bonchev–Trinajstić information content (AvgIpc) is 2.92. The van der Waals surface area contributed by atoms with Gasteiger partial charge in [0.1, 0.15) is 5.75 Å². The van der Waals surface area contributed by atoms with Gasteiger partial charge in [-0.2, -0.15) is 0 Å². The van der Waals surface area contributed by atoms with Crippen molar-refractivity contribution in [3.05, 3.63) is 29.8 Å². The number of hydrogen-bond donors (Lipinski definition) is 3. The lowest BCUT2D eigenvalue weighted by molar-refractivity contribution is -0.129. The molecule has 3 N–H and O–H groups in total. The van der Waals surface area contributed by atoms with E-state index in [0.29, 0.717) is 6.54 Å². The van der Waals surface area contributed by atoms with Crippen LogP contribution in [0, 0.1) is 5.41 Å². The maximum Gasteiger partial charge on any atom is 0.227 e. The van der Waals surface area contributed by atoms with E-state index in [1.807, 2.05) is 45.0 Å². The van der Waals surface area contributed by atoms with Crippen LogP contribution in [-0.2, 0) is 4.79 Å². The minimum Gasteiger partial charge on any atom is -0.491 e. The second-order valence-corrected chi connectivity index (χ2v) is 6.45. The Labute approximate surface area is 144 Å². The van der Waals surface area contributed by atoms with Crippen molar-refractivity contribution in [2.24, 2.45) is 5.41 Å². The summed E-state index contributed by atoms with van der Waals surface area (Å²) in [6.45, 7) is 7.62. The molecule has 6 heteroatoms. The number of amides is 1. The van der Waals surface area contributed by atoms with Gasteiger partial charge in [0.05, 0.1) is 17.6 Å². The molecule has 0 saturated carbocycles. The van der Waals surface area contributed by atoms with E-state index in [1.165, 1.54) is 0 Å². The Bertz CT molecular complexity index is 516. The van der Waals surface area contributed by atoms with Gasteiger partial charge in [-0.15, -0.1) is 12.4 Å². The molecule has 2 atom stereocenters. The SMILES string of the molecule is CC(C)Oc1cccc(C(O)CNC(=O)C2(C)CCNC2)c1.Cl. The molecule has 1 aliphatic heterocycles. The summed E-state index contributed by atoms with van der Waals surface area (Å²) >= 11 is 0. The molecule has 0 spiro atoms. The highest BCUT2D eigenvalue weighted by Crippen LogP contribution is 2.25. The average molecular weight is 343 g/mol. The van der Waals surface area contributed by atoms with Gasteiger partial charge in [0.2, 0.25) is 5.91 Å². The first kappa shape index (κ1) is 19.7. The molecule has 130 valence electrons. The Balaban J connectivity index is 0.00000264. The molecule has 2 unspecified atom stereocenters. The zero-order valence-corrected chi connectivity index (χ0v) is 14.8. The summed E-state index contributed by atoms with van der Waals surface area (Å²) in [7, 11) is 0. The number of benzene rings is 1. The zero-order chi connectivity index (χ0) is 16.2. The van der Waals surface area contributed by atoms with Gasteiger partial charge in [0.25, 0.3) is 0 Å². The second kappa shape index (κ2) is 8.52. The van der Waals surface area contributed by atoms with E-state index >= 15 is 0 Å². The maximum atomic E-state index is 12.2. The summed E-state index contributed by atoms with van der Waals surface area (Å²) in [5.74, 6) is 0.718. The van der Waals surface area contributed by atoms with Crippen LogP contribution in [0.4, 0.5) is 0 Å². The third kappa shape index (κ3) is 5.37. The predicted octanol–water partition coefficient (Wildman–Crippen LogP) is 2.04. The first-order chi connectivity index (χ1) is 10.4. The number of hydrogen-bond acceptors (Lipinski definition) is 4. The standard InChI is InChI=1S/C17H26N2O3.ClH/c1-12(2)22-14-6-4-5-13(9-14)15(20)10-19-16(21)17(3)7-8-18-11-17;/h4-6,9,12,15,18,20H,7-8,10-11H2,1-3H3,(H,19,21);1H. The molecule has 1 aromatic carbocycles. The third-order valence-electron chi connectivity index (χ3n) is 3.99. The van der Waals surface area contributed by atoms with Gasteiger partial charge in [-0.3, -0.25) is 4.79 Å². The van der Waals surface area contributed by atoms with Crippen molar-refractivity contribution in [1.29, 1.82) is 0 Å². The van der Waals surface area contributed by atoms with Crippen molar-refractivity contribution >= 4 is 18.3 Å². The quantitative estimate of drug-likeness (QED) is 0.740. The summed E-state index contributed by atoms with van der Waals surface area (Å²) in [6, 6.07) is 7.36. The first-order valence-corrected chi connectivity index (χ1v) is 7.84. The molecule has 1 aliphatic rings. The van der Waals surface area contributed by atoms with Crippen LogP contribution in [0.1, 0.15) is 38.9 Å². The Morgan fingerprint density at radius 1 is 1.48 bits per heavy atom. The number of halogens is 1. The fraction of sp³-hybridized carbons (Fsp3) is 0.588. The predicted molar refractivity (Wildman–Crippen MR) is 93.0 cm³/mol. The van der Waals surface area contributed by atoms with E-state index in [-0.39, 0.29) is 36.4 Å². The fourth-order valence-electron chi connectivity index (χ4n) is 2.60. The van der Waals surface area contributed by atoms with E-state index in [9.17, 15) is 9.90 Å². The summed E-state index contributed by atoms with van der Waals surface area (Å²) in [4.78, 5) is 12.2. The van der Waals surface area contributed by atoms with E-state index in [0.717, 1.165) is 24.3 Å². The first-order valence-electron chi connectivity index (χ1n) is 7.84. The zero-order valence-electron chi connectivity index (χ0n) is 14.0. The number of rotatable bonds is 6. The number of aliphatic hydroxyl groups excluding tert-OH is 1. The molecule has 5 nitrogen and oxygen atoms in total. The largest absolute Gasteiger partial charge is 0.491 e. The van der Waals surface area contributed by atoms with Gasteiger partial charge in [0.15, 0.2) is 0 Å². The highest BCUT2D eigenvalue weighted by Gasteiger charge is 2.36. The van der Waals surface area contributed by atoms with E-state index in [4.69, 9.17) is 4.74 Å². The number of carbonyl (C=O) groups is 1. The van der Waals surface area contributed by atoms with Crippen LogP contribution >= 0.6 is 12.4 Å². The molecule has 1 aromatic rings. The molecule has 1 saturated heterocycles. The van der Waals surface area contributed by atoms with Crippen molar-refractivity contribution in [2.75, 3.05) is 19.6 Å². The van der Waals surface area contributed by atoms with Gasteiger partial charge in [-0.05, 0) is 51.4 Å². The smallest absolute Gasteiger partial charge is 0.227 e. The van der Waals surface area contributed by atoms with Crippen LogP contribution < -0.4 is 15.4 Å². The molecular formula is C17H27ClN2O3. The lowest BCUT2D eigenvalue weighted by Gasteiger charge is -2.23.